The minimum absolute atomic E-state index is 0.225. The first kappa shape index (κ1) is 20.1. The molecule has 0 fully saturated rings. The van der Waals surface area contributed by atoms with Gasteiger partial charge in [0.15, 0.2) is 5.11 Å². The summed E-state index contributed by atoms with van der Waals surface area (Å²) in [7, 11) is 1.59. The summed E-state index contributed by atoms with van der Waals surface area (Å²) in [4.78, 5) is 12.1. The van der Waals surface area contributed by atoms with Gasteiger partial charge in [-0.05, 0) is 60.8 Å². The van der Waals surface area contributed by atoms with Crippen LogP contribution in [0.2, 0.25) is 0 Å². The van der Waals surface area contributed by atoms with Crippen LogP contribution in [0.15, 0.2) is 84.9 Å². The van der Waals surface area contributed by atoms with Crippen LogP contribution in [0.25, 0.3) is 6.08 Å². The van der Waals surface area contributed by atoms with Gasteiger partial charge in [-0.3, -0.25) is 10.1 Å². The molecule has 1 amide bonds. The van der Waals surface area contributed by atoms with Crippen LogP contribution in [0.5, 0.6) is 5.75 Å². The lowest BCUT2D eigenvalue weighted by Gasteiger charge is -2.10. The molecular formula is C23H21N3O2S. The van der Waals surface area contributed by atoms with Gasteiger partial charge in [0.25, 0.3) is 0 Å². The van der Waals surface area contributed by atoms with Crippen LogP contribution in [0.1, 0.15) is 5.56 Å². The largest absolute Gasteiger partial charge is 0.496 e. The molecule has 0 unspecified atom stereocenters. The Balaban J connectivity index is 1.52. The van der Waals surface area contributed by atoms with E-state index in [2.05, 4.69) is 16.0 Å². The molecule has 3 aromatic carbocycles. The predicted molar refractivity (Wildman–Crippen MR) is 123 cm³/mol. The van der Waals surface area contributed by atoms with Crippen LogP contribution in [-0.4, -0.2) is 18.1 Å². The lowest BCUT2D eigenvalue weighted by molar-refractivity contribution is -0.115. The van der Waals surface area contributed by atoms with Gasteiger partial charge in [-0.2, -0.15) is 0 Å². The predicted octanol–water partition coefficient (Wildman–Crippen LogP) is 4.97. The number of hydrogen-bond donors (Lipinski definition) is 3. The van der Waals surface area contributed by atoms with Crippen molar-refractivity contribution < 1.29 is 9.53 Å². The quantitative estimate of drug-likeness (QED) is 0.401. The average molecular weight is 404 g/mol. The molecule has 0 saturated heterocycles. The molecule has 146 valence electrons. The number of methoxy groups -OCH3 is 1. The van der Waals surface area contributed by atoms with Crippen molar-refractivity contribution in [1.29, 1.82) is 0 Å². The maximum atomic E-state index is 12.1. The standard InChI is InChI=1S/C23H21N3O2S/c1-28-21-10-6-5-7-17(21)11-16-22(27)26-23(29)25-20-14-12-19(13-15-20)24-18-8-3-2-4-9-18/h2-16,24H,1H3,(H2,25,26,27,29). The average Bonchev–Trinajstić information content (AvgIpc) is 2.74. The Bertz CT molecular complexity index is 1000. The van der Waals surface area contributed by atoms with Crippen LogP contribution < -0.4 is 20.7 Å². The van der Waals surface area contributed by atoms with E-state index >= 15 is 0 Å². The number of amides is 1. The lowest BCUT2D eigenvalue weighted by Crippen LogP contribution is -2.32. The van der Waals surface area contributed by atoms with Crippen molar-refractivity contribution in [1.82, 2.24) is 5.32 Å². The van der Waals surface area contributed by atoms with Crippen molar-refractivity contribution in [3.05, 3.63) is 90.5 Å². The molecule has 3 N–H and O–H groups in total. The molecule has 0 aliphatic rings. The van der Waals surface area contributed by atoms with Crippen molar-refractivity contribution in [3.8, 4) is 5.75 Å². The zero-order chi connectivity index (χ0) is 20.5. The van der Waals surface area contributed by atoms with Crippen LogP contribution >= 0.6 is 12.2 Å². The van der Waals surface area contributed by atoms with Gasteiger partial charge in [0.1, 0.15) is 5.75 Å². The van der Waals surface area contributed by atoms with Crippen LogP contribution in [0.4, 0.5) is 17.1 Å². The molecule has 0 aromatic heterocycles. The Hall–Kier alpha value is -3.64. The molecule has 5 nitrogen and oxygen atoms in total. The molecule has 0 atom stereocenters. The summed E-state index contributed by atoms with van der Waals surface area (Å²) >= 11 is 5.21. The molecular weight excluding hydrogens is 382 g/mol. The second kappa shape index (κ2) is 10.1. The molecule has 3 aromatic rings. The highest BCUT2D eigenvalue weighted by molar-refractivity contribution is 7.80. The van der Waals surface area contributed by atoms with E-state index in [1.54, 1.807) is 13.2 Å². The van der Waals surface area contributed by atoms with Crippen molar-refractivity contribution in [2.75, 3.05) is 17.7 Å². The maximum Gasteiger partial charge on any atom is 0.250 e. The molecule has 0 heterocycles. The highest BCUT2D eigenvalue weighted by Crippen LogP contribution is 2.19. The molecule has 3 rings (SSSR count). The molecule has 29 heavy (non-hydrogen) atoms. The third-order valence-electron chi connectivity index (χ3n) is 4.00. The van der Waals surface area contributed by atoms with E-state index in [9.17, 15) is 4.79 Å². The van der Waals surface area contributed by atoms with Gasteiger partial charge in [-0.1, -0.05) is 36.4 Å². The molecule has 0 aliphatic carbocycles. The topological polar surface area (TPSA) is 62.4 Å². The number of carbonyl (C=O) groups excluding carboxylic acids is 1. The van der Waals surface area contributed by atoms with Crippen LogP contribution in [0, 0.1) is 0 Å². The maximum absolute atomic E-state index is 12.1. The van der Waals surface area contributed by atoms with Gasteiger partial charge >= 0.3 is 0 Å². The number of ether oxygens (including phenoxy) is 1. The fraction of sp³-hybridized carbons (Fsp3) is 0.0435. The number of para-hydroxylation sites is 2. The number of carbonyl (C=O) groups is 1. The Labute approximate surface area is 175 Å². The molecule has 0 saturated carbocycles. The van der Waals surface area contributed by atoms with E-state index in [1.165, 1.54) is 6.08 Å². The van der Waals surface area contributed by atoms with Crippen molar-refractivity contribution in [3.63, 3.8) is 0 Å². The number of rotatable bonds is 6. The SMILES string of the molecule is COc1ccccc1C=CC(=O)NC(=S)Nc1ccc(Nc2ccccc2)cc1. The van der Waals surface area contributed by atoms with Crippen molar-refractivity contribution in [2.24, 2.45) is 0 Å². The zero-order valence-corrected chi connectivity index (χ0v) is 16.7. The van der Waals surface area contributed by atoms with Gasteiger partial charge in [0.05, 0.1) is 7.11 Å². The number of thiocarbonyl (C=S) groups is 1. The van der Waals surface area contributed by atoms with E-state index in [4.69, 9.17) is 17.0 Å². The summed E-state index contributed by atoms with van der Waals surface area (Å²) in [6.45, 7) is 0. The van der Waals surface area contributed by atoms with Gasteiger partial charge < -0.3 is 15.4 Å². The highest BCUT2D eigenvalue weighted by atomic mass is 32.1. The first-order chi connectivity index (χ1) is 14.1. The summed E-state index contributed by atoms with van der Waals surface area (Å²) in [5.74, 6) is 0.372. The second-order valence-corrected chi connectivity index (χ2v) is 6.50. The summed E-state index contributed by atoms with van der Waals surface area (Å²) in [6.07, 6.45) is 3.10. The molecule has 0 bridgehead atoms. The van der Waals surface area contributed by atoms with Crippen molar-refractivity contribution >= 4 is 46.4 Å². The summed E-state index contributed by atoms with van der Waals surface area (Å²) in [5, 5.41) is 9.16. The summed E-state index contributed by atoms with van der Waals surface area (Å²) in [5.41, 5.74) is 3.56. The van der Waals surface area contributed by atoms with E-state index in [-0.39, 0.29) is 11.0 Å². The van der Waals surface area contributed by atoms with E-state index < -0.39 is 0 Å². The van der Waals surface area contributed by atoms with Gasteiger partial charge in [-0.25, -0.2) is 0 Å². The fourth-order valence-electron chi connectivity index (χ4n) is 2.61. The highest BCUT2D eigenvalue weighted by Gasteiger charge is 2.03. The van der Waals surface area contributed by atoms with E-state index in [1.807, 2.05) is 78.9 Å². The first-order valence-electron chi connectivity index (χ1n) is 8.99. The Morgan fingerprint density at radius 3 is 2.21 bits per heavy atom. The minimum atomic E-state index is -0.323. The number of nitrogens with one attached hydrogen (secondary N) is 3. The first-order valence-corrected chi connectivity index (χ1v) is 9.40. The van der Waals surface area contributed by atoms with Gasteiger partial charge in [-0.15, -0.1) is 0 Å². The Morgan fingerprint density at radius 1 is 0.862 bits per heavy atom. The zero-order valence-electron chi connectivity index (χ0n) is 15.9. The Kier molecular flexibility index (Phi) is 6.97. The van der Waals surface area contributed by atoms with Crippen molar-refractivity contribution in [2.45, 2.75) is 0 Å². The van der Waals surface area contributed by atoms with Crippen LogP contribution in [0.3, 0.4) is 0 Å². The molecule has 0 aliphatic heterocycles. The summed E-state index contributed by atoms with van der Waals surface area (Å²) in [6, 6.07) is 25.0. The number of anilines is 3. The summed E-state index contributed by atoms with van der Waals surface area (Å²) < 4.78 is 5.26. The van der Waals surface area contributed by atoms with Gasteiger partial charge in [0, 0.05) is 28.7 Å². The third-order valence-corrected chi connectivity index (χ3v) is 4.20. The third kappa shape index (κ3) is 6.19. The van der Waals surface area contributed by atoms with E-state index in [0.717, 1.165) is 22.6 Å². The van der Waals surface area contributed by atoms with E-state index in [0.29, 0.717) is 5.75 Å². The normalized spacial score (nSPS) is 10.4. The second-order valence-electron chi connectivity index (χ2n) is 6.09. The molecule has 0 spiro atoms. The number of benzene rings is 3. The minimum Gasteiger partial charge on any atom is -0.496 e. The molecule has 6 heteroatoms. The number of hydrogen-bond acceptors (Lipinski definition) is 4. The smallest absolute Gasteiger partial charge is 0.250 e. The Morgan fingerprint density at radius 2 is 1.48 bits per heavy atom. The molecule has 0 radical (unpaired) electrons. The lowest BCUT2D eigenvalue weighted by atomic mass is 10.2. The van der Waals surface area contributed by atoms with Gasteiger partial charge in [0.2, 0.25) is 5.91 Å². The monoisotopic (exact) mass is 403 g/mol. The van der Waals surface area contributed by atoms with Crippen LogP contribution in [-0.2, 0) is 4.79 Å². The fourth-order valence-corrected chi connectivity index (χ4v) is 2.83.